The van der Waals surface area contributed by atoms with Gasteiger partial charge in [-0.25, -0.2) is 0 Å². The number of benzene rings is 4. The largest absolute Gasteiger partial charge is 0.497 e. The Kier molecular flexibility index (Phi) is 10.2. The number of nitrogens with two attached hydrogens (primary N) is 1. The van der Waals surface area contributed by atoms with Crippen molar-refractivity contribution in [1.82, 2.24) is 9.13 Å². The van der Waals surface area contributed by atoms with Crippen LogP contribution in [0.15, 0.2) is 97.3 Å². The van der Waals surface area contributed by atoms with Crippen molar-refractivity contribution in [2.75, 3.05) is 24.9 Å². The lowest BCUT2D eigenvalue weighted by Crippen LogP contribution is -2.14. The first-order chi connectivity index (χ1) is 21.3. The fourth-order valence-electron chi connectivity index (χ4n) is 5.43. The zero-order valence-electron chi connectivity index (χ0n) is 25.6. The van der Waals surface area contributed by atoms with Gasteiger partial charge in [0.25, 0.3) is 0 Å². The molecule has 44 heavy (non-hydrogen) atoms. The van der Waals surface area contributed by atoms with Gasteiger partial charge in [-0.05, 0) is 95.1 Å². The van der Waals surface area contributed by atoms with Gasteiger partial charge in [-0.2, -0.15) is 0 Å². The highest BCUT2D eigenvalue weighted by Gasteiger charge is 2.20. The second-order valence-electron chi connectivity index (χ2n) is 10.8. The third kappa shape index (κ3) is 7.08. The van der Waals surface area contributed by atoms with E-state index in [0.29, 0.717) is 0 Å². The maximum absolute atomic E-state index is 5.62. The number of hydrogen-bond acceptors (Lipinski definition) is 4. The second-order valence-corrected chi connectivity index (χ2v) is 11.9. The van der Waals surface area contributed by atoms with E-state index >= 15 is 0 Å². The molecule has 3 heterocycles. The van der Waals surface area contributed by atoms with E-state index in [9.17, 15) is 0 Å². The summed E-state index contributed by atoms with van der Waals surface area (Å²) in [6.07, 6.45) is 4.14. The molecule has 0 amide bonds. The van der Waals surface area contributed by atoms with Gasteiger partial charge in [0.15, 0.2) is 0 Å². The Bertz CT molecular complexity index is 1880. The molecule has 228 valence electrons. The van der Waals surface area contributed by atoms with E-state index in [1.54, 1.807) is 14.2 Å². The van der Waals surface area contributed by atoms with Gasteiger partial charge in [-0.1, -0.05) is 44.0 Å². The van der Waals surface area contributed by atoms with E-state index in [1.807, 2.05) is 49.6 Å². The topological polar surface area (TPSA) is 57.6 Å². The van der Waals surface area contributed by atoms with Crippen LogP contribution in [0.2, 0.25) is 0 Å². The van der Waals surface area contributed by atoms with Crippen molar-refractivity contribution < 1.29 is 9.47 Å². The minimum atomic E-state index is 0.823. The molecule has 0 bridgehead atoms. The van der Waals surface area contributed by atoms with Gasteiger partial charge in [0.1, 0.15) is 11.5 Å². The van der Waals surface area contributed by atoms with Gasteiger partial charge in [0, 0.05) is 83.4 Å². The molecule has 1 aliphatic rings. The molecule has 0 atom stereocenters. The Morgan fingerprint density at radius 2 is 1.23 bits per heavy atom. The Morgan fingerprint density at radius 1 is 0.636 bits per heavy atom. The lowest BCUT2D eigenvalue weighted by Gasteiger charge is -2.18. The van der Waals surface area contributed by atoms with Crippen molar-refractivity contribution in [3.05, 3.63) is 120 Å². The molecule has 6 nitrogen and oxygen atoms in total. The molecule has 6 aromatic rings. The van der Waals surface area contributed by atoms with E-state index in [2.05, 4.69) is 108 Å². The molecule has 0 unspecified atom stereocenters. The number of aromatic nitrogens is 2. The molecular formula is C36H38Br2N4O2. The van der Waals surface area contributed by atoms with E-state index in [0.717, 1.165) is 40.9 Å². The first-order valence-corrected chi connectivity index (χ1v) is 16.6. The highest BCUT2D eigenvalue weighted by molar-refractivity contribution is 9.09. The highest BCUT2D eigenvalue weighted by Crippen LogP contribution is 2.32. The van der Waals surface area contributed by atoms with Gasteiger partial charge < -0.3 is 29.2 Å². The number of ether oxygens (including phenoxy) is 2. The molecule has 8 heteroatoms. The Hall–Kier alpha value is -3.88. The van der Waals surface area contributed by atoms with Crippen molar-refractivity contribution in [3.63, 3.8) is 0 Å². The number of fused-ring (bicyclic) bond motifs is 3. The summed E-state index contributed by atoms with van der Waals surface area (Å²) < 4.78 is 14.7. The fraction of sp³-hybridized carbons (Fsp3) is 0.222. The SMILES string of the molecule is COc1ccc(CBr)c(CBr)c1.COc1ccc2c(c1)CN(c1ccc3c(ccn3C)c1)C2.Cn1ccc2cc(N)ccc21. The minimum Gasteiger partial charge on any atom is -0.497 e. The van der Waals surface area contributed by atoms with Crippen molar-refractivity contribution in [2.45, 2.75) is 23.7 Å². The third-order valence-electron chi connectivity index (χ3n) is 7.98. The van der Waals surface area contributed by atoms with Gasteiger partial charge in [0.05, 0.1) is 14.2 Å². The fourth-order valence-corrected chi connectivity index (χ4v) is 6.50. The number of anilines is 2. The molecule has 4 aromatic carbocycles. The summed E-state index contributed by atoms with van der Waals surface area (Å²) in [7, 11) is 7.51. The third-order valence-corrected chi connectivity index (χ3v) is 9.19. The predicted molar refractivity (Wildman–Crippen MR) is 191 cm³/mol. The summed E-state index contributed by atoms with van der Waals surface area (Å²) in [5.74, 6) is 1.85. The molecule has 2 N–H and O–H groups in total. The molecule has 2 aromatic heterocycles. The van der Waals surface area contributed by atoms with Crippen LogP contribution in [-0.2, 0) is 37.8 Å². The van der Waals surface area contributed by atoms with Gasteiger partial charge in [0.2, 0.25) is 0 Å². The van der Waals surface area contributed by atoms with Crippen molar-refractivity contribution in [3.8, 4) is 11.5 Å². The standard InChI is InChI=1S/C18H18N2O.C9H10Br2O.C9H10N2/c1-19-8-7-13-9-16(4-6-18(13)19)20-11-14-3-5-17(21-2)10-15(14)12-20;1-12-9-3-2-7(5-10)8(4-9)6-11;1-11-5-4-7-6-8(10)2-3-9(7)11/h3-10H,11-12H2,1-2H3;2-4H,5-6H2,1H3;2-6H,10H2,1H3. The molecule has 0 saturated heterocycles. The lowest BCUT2D eigenvalue weighted by atomic mass is 10.1. The Balaban J connectivity index is 0.000000143. The molecule has 0 saturated carbocycles. The van der Waals surface area contributed by atoms with Crippen LogP contribution in [0.3, 0.4) is 0 Å². The van der Waals surface area contributed by atoms with Crippen LogP contribution in [0.4, 0.5) is 11.4 Å². The lowest BCUT2D eigenvalue weighted by molar-refractivity contribution is 0.414. The summed E-state index contributed by atoms with van der Waals surface area (Å²) in [6.45, 7) is 1.92. The Morgan fingerprint density at radius 3 is 1.89 bits per heavy atom. The van der Waals surface area contributed by atoms with Crippen LogP contribution in [0.25, 0.3) is 21.8 Å². The Labute approximate surface area is 276 Å². The maximum atomic E-state index is 5.62. The van der Waals surface area contributed by atoms with Gasteiger partial charge in [-0.3, -0.25) is 0 Å². The number of nitrogen functional groups attached to an aromatic ring is 1. The van der Waals surface area contributed by atoms with E-state index in [-0.39, 0.29) is 0 Å². The minimum absolute atomic E-state index is 0.823. The van der Waals surface area contributed by atoms with Gasteiger partial charge in [-0.15, -0.1) is 0 Å². The second kappa shape index (κ2) is 14.3. The van der Waals surface area contributed by atoms with Crippen LogP contribution in [0, 0.1) is 0 Å². The zero-order chi connectivity index (χ0) is 31.2. The van der Waals surface area contributed by atoms with E-state index < -0.39 is 0 Å². The quantitative estimate of drug-likeness (QED) is 0.143. The van der Waals surface area contributed by atoms with Crippen LogP contribution in [0.5, 0.6) is 11.5 Å². The van der Waals surface area contributed by atoms with Crippen LogP contribution >= 0.6 is 31.9 Å². The number of nitrogens with zero attached hydrogens (tertiary/aromatic N) is 3. The number of halogens is 2. The number of hydrogen-bond donors (Lipinski definition) is 1. The van der Waals surface area contributed by atoms with Crippen molar-refractivity contribution >= 4 is 65.0 Å². The average molecular weight is 719 g/mol. The number of methoxy groups -OCH3 is 2. The molecule has 0 radical (unpaired) electrons. The molecular weight excluding hydrogens is 680 g/mol. The predicted octanol–water partition coefficient (Wildman–Crippen LogP) is 8.95. The number of rotatable bonds is 5. The van der Waals surface area contributed by atoms with Crippen LogP contribution in [0.1, 0.15) is 22.3 Å². The van der Waals surface area contributed by atoms with Gasteiger partial charge >= 0.3 is 0 Å². The van der Waals surface area contributed by atoms with E-state index in [4.69, 9.17) is 15.2 Å². The maximum Gasteiger partial charge on any atom is 0.119 e. The summed E-state index contributed by atoms with van der Waals surface area (Å²) in [4.78, 5) is 2.41. The molecule has 7 rings (SSSR count). The van der Waals surface area contributed by atoms with E-state index in [1.165, 1.54) is 49.7 Å². The first kappa shape index (κ1) is 31.5. The zero-order valence-corrected chi connectivity index (χ0v) is 28.7. The normalized spacial score (nSPS) is 11.9. The van der Waals surface area contributed by atoms with Crippen molar-refractivity contribution in [1.29, 1.82) is 0 Å². The molecule has 0 aliphatic carbocycles. The average Bonchev–Trinajstić information content (AvgIpc) is 3.76. The highest BCUT2D eigenvalue weighted by atomic mass is 79.9. The molecule has 0 fully saturated rings. The number of aryl methyl sites for hydroxylation is 2. The summed E-state index contributed by atoms with van der Waals surface area (Å²) in [5, 5.41) is 4.25. The summed E-state index contributed by atoms with van der Waals surface area (Å²) >= 11 is 6.87. The first-order valence-electron chi connectivity index (χ1n) is 14.4. The number of alkyl halides is 2. The van der Waals surface area contributed by atoms with Crippen LogP contribution in [-0.4, -0.2) is 23.4 Å². The summed E-state index contributed by atoms with van der Waals surface area (Å²) in [6, 6.07) is 29.3. The summed E-state index contributed by atoms with van der Waals surface area (Å²) in [5.41, 5.74) is 15.5. The van der Waals surface area contributed by atoms with Crippen LogP contribution < -0.4 is 20.1 Å². The smallest absolute Gasteiger partial charge is 0.119 e. The monoisotopic (exact) mass is 716 g/mol. The molecule has 0 spiro atoms. The molecule has 1 aliphatic heterocycles. The van der Waals surface area contributed by atoms with Crippen molar-refractivity contribution in [2.24, 2.45) is 14.1 Å².